The van der Waals surface area contributed by atoms with Gasteiger partial charge in [0.05, 0.1) is 13.7 Å². The Morgan fingerprint density at radius 1 is 1.29 bits per heavy atom. The van der Waals surface area contributed by atoms with Crippen molar-refractivity contribution in [2.24, 2.45) is 5.92 Å². The molecule has 0 aliphatic carbocycles. The van der Waals surface area contributed by atoms with Crippen molar-refractivity contribution in [2.75, 3.05) is 20.3 Å². The van der Waals surface area contributed by atoms with E-state index in [9.17, 15) is 0 Å². The molecule has 0 saturated heterocycles. The van der Waals surface area contributed by atoms with Crippen molar-refractivity contribution in [1.29, 1.82) is 0 Å². The van der Waals surface area contributed by atoms with Crippen LogP contribution in [0, 0.1) is 12.8 Å². The van der Waals surface area contributed by atoms with Gasteiger partial charge in [-0.2, -0.15) is 0 Å². The van der Waals surface area contributed by atoms with Crippen LogP contribution in [-0.2, 0) is 13.1 Å². The average molecular weight is 331 g/mol. The van der Waals surface area contributed by atoms with Crippen molar-refractivity contribution in [3.63, 3.8) is 0 Å². The molecule has 2 rings (SSSR count). The predicted octanol–water partition coefficient (Wildman–Crippen LogP) is 3.41. The summed E-state index contributed by atoms with van der Waals surface area (Å²) in [5.41, 5.74) is 1.20. The molecule has 1 N–H and O–H groups in total. The van der Waals surface area contributed by atoms with Gasteiger partial charge in [0, 0.05) is 25.5 Å². The SMILES string of the molecule is CCCOc1cc(CNCC(C)Cn2ccnc2C)ccc1OC. The fourth-order valence-electron chi connectivity index (χ4n) is 2.62. The second-order valence-electron chi connectivity index (χ2n) is 6.20. The van der Waals surface area contributed by atoms with E-state index in [0.29, 0.717) is 12.5 Å². The summed E-state index contributed by atoms with van der Waals surface area (Å²) in [6.45, 7) is 9.84. The Kier molecular flexibility index (Phi) is 7.12. The molecule has 0 aliphatic heterocycles. The van der Waals surface area contributed by atoms with E-state index in [1.54, 1.807) is 7.11 Å². The maximum Gasteiger partial charge on any atom is 0.161 e. The van der Waals surface area contributed by atoms with Gasteiger partial charge in [-0.15, -0.1) is 0 Å². The summed E-state index contributed by atoms with van der Waals surface area (Å²) in [6.07, 6.45) is 4.87. The number of methoxy groups -OCH3 is 1. The molecule has 1 unspecified atom stereocenters. The lowest BCUT2D eigenvalue weighted by Gasteiger charge is -2.15. The Morgan fingerprint density at radius 3 is 2.79 bits per heavy atom. The zero-order chi connectivity index (χ0) is 17.4. The Morgan fingerprint density at radius 2 is 2.12 bits per heavy atom. The number of nitrogens with one attached hydrogen (secondary N) is 1. The number of hydrogen-bond donors (Lipinski definition) is 1. The van der Waals surface area contributed by atoms with Gasteiger partial charge >= 0.3 is 0 Å². The van der Waals surface area contributed by atoms with Crippen molar-refractivity contribution >= 4 is 0 Å². The zero-order valence-electron chi connectivity index (χ0n) is 15.2. The van der Waals surface area contributed by atoms with E-state index >= 15 is 0 Å². The first-order chi connectivity index (χ1) is 11.6. The first-order valence-corrected chi connectivity index (χ1v) is 8.62. The van der Waals surface area contributed by atoms with Crippen LogP contribution in [0.4, 0.5) is 0 Å². The molecule has 0 bridgehead atoms. The van der Waals surface area contributed by atoms with Gasteiger partial charge in [0.1, 0.15) is 5.82 Å². The lowest BCUT2D eigenvalue weighted by Crippen LogP contribution is -2.24. The zero-order valence-corrected chi connectivity index (χ0v) is 15.2. The number of hydrogen-bond acceptors (Lipinski definition) is 4. The molecular weight excluding hydrogens is 302 g/mol. The highest BCUT2D eigenvalue weighted by atomic mass is 16.5. The maximum absolute atomic E-state index is 5.77. The van der Waals surface area contributed by atoms with E-state index in [2.05, 4.69) is 40.8 Å². The standard InChI is InChI=1S/C19H29N3O2/c1-5-10-24-19-11-17(6-7-18(19)23-4)13-20-12-15(2)14-22-9-8-21-16(22)3/h6-9,11,15,20H,5,10,12-14H2,1-4H3. The van der Waals surface area contributed by atoms with E-state index in [1.807, 2.05) is 25.4 Å². The number of imidazole rings is 1. The quantitative estimate of drug-likeness (QED) is 0.725. The summed E-state index contributed by atoms with van der Waals surface area (Å²) >= 11 is 0. The summed E-state index contributed by atoms with van der Waals surface area (Å²) < 4.78 is 13.3. The molecule has 1 atom stereocenters. The first-order valence-electron chi connectivity index (χ1n) is 8.62. The second-order valence-corrected chi connectivity index (χ2v) is 6.20. The van der Waals surface area contributed by atoms with Crippen LogP contribution in [0.25, 0.3) is 0 Å². The molecule has 2 aromatic rings. The summed E-state index contributed by atoms with van der Waals surface area (Å²) in [7, 11) is 1.67. The molecule has 0 saturated carbocycles. The molecule has 5 heteroatoms. The van der Waals surface area contributed by atoms with Gasteiger partial charge < -0.3 is 19.4 Å². The molecule has 24 heavy (non-hydrogen) atoms. The van der Waals surface area contributed by atoms with Crippen LogP contribution in [0.2, 0.25) is 0 Å². The summed E-state index contributed by atoms with van der Waals surface area (Å²) in [5, 5.41) is 3.52. The highest BCUT2D eigenvalue weighted by Crippen LogP contribution is 2.28. The van der Waals surface area contributed by atoms with Crippen LogP contribution < -0.4 is 14.8 Å². The summed E-state index contributed by atoms with van der Waals surface area (Å²) in [6, 6.07) is 6.11. The van der Waals surface area contributed by atoms with Crippen molar-refractivity contribution in [1.82, 2.24) is 14.9 Å². The lowest BCUT2D eigenvalue weighted by atomic mass is 10.1. The van der Waals surface area contributed by atoms with Crippen LogP contribution in [0.1, 0.15) is 31.7 Å². The average Bonchev–Trinajstić information content (AvgIpc) is 2.98. The molecule has 1 heterocycles. The number of ether oxygens (including phenoxy) is 2. The van der Waals surface area contributed by atoms with E-state index in [4.69, 9.17) is 9.47 Å². The van der Waals surface area contributed by atoms with Crippen LogP contribution in [-0.4, -0.2) is 29.8 Å². The number of nitrogens with zero attached hydrogens (tertiary/aromatic N) is 2. The minimum atomic E-state index is 0.534. The largest absolute Gasteiger partial charge is 0.493 e. The lowest BCUT2D eigenvalue weighted by molar-refractivity contribution is 0.294. The molecule has 132 valence electrons. The van der Waals surface area contributed by atoms with Crippen LogP contribution in [0.3, 0.4) is 0 Å². The van der Waals surface area contributed by atoms with E-state index in [0.717, 1.165) is 43.4 Å². The smallest absolute Gasteiger partial charge is 0.161 e. The minimum Gasteiger partial charge on any atom is -0.493 e. The maximum atomic E-state index is 5.77. The number of rotatable bonds is 10. The van der Waals surface area contributed by atoms with Gasteiger partial charge in [0.25, 0.3) is 0 Å². The Hall–Kier alpha value is -2.01. The van der Waals surface area contributed by atoms with E-state index in [1.165, 1.54) is 5.56 Å². The monoisotopic (exact) mass is 331 g/mol. The van der Waals surface area contributed by atoms with Gasteiger partial charge in [0.2, 0.25) is 0 Å². The minimum absolute atomic E-state index is 0.534. The van der Waals surface area contributed by atoms with Crippen LogP contribution in [0.15, 0.2) is 30.6 Å². The molecule has 0 fully saturated rings. The van der Waals surface area contributed by atoms with E-state index < -0.39 is 0 Å². The molecule has 0 amide bonds. The highest BCUT2D eigenvalue weighted by Gasteiger charge is 2.07. The third-order valence-corrected chi connectivity index (χ3v) is 3.94. The van der Waals surface area contributed by atoms with Crippen LogP contribution in [0.5, 0.6) is 11.5 Å². The second kappa shape index (κ2) is 9.33. The molecular formula is C19H29N3O2. The van der Waals surface area contributed by atoms with Crippen LogP contribution >= 0.6 is 0 Å². The van der Waals surface area contributed by atoms with E-state index in [-0.39, 0.29) is 0 Å². The third kappa shape index (κ3) is 5.27. The van der Waals surface area contributed by atoms with Crippen molar-refractivity contribution in [3.8, 4) is 11.5 Å². The molecule has 0 aliphatic rings. The fourth-order valence-corrected chi connectivity index (χ4v) is 2.62. The number of aromatic nitrogens is 2. The van der Waals surface area contributed by atoms with Gasteiger partial charge in [-0.1, -0.05) is 19.9 Å². The molecule has 1 aromatic heterocycles. The Labute approximate surface area is 145 Å². The summed E-state index contributed by atoms with van der Waals surface area (Å²) in [4.78, 5) is 4.26. The fraction of sp³-hybridized carbons (Fsp3) is 0.526. The topological polar surface area (TPSA) is 48.3 Å². The summed E-state index contributed by atoms with van der Waals surface area (Å²) in [5.74, 6) is 3.21. The first kappa shape index (κ1) is 18.3. The van der Waals surface area contributed by atoms with Gasteiger partial charge in [-0.05, 0) is 43.5 Å². The Balaban J connectivity index is 1.84. The van der Waals surface area contributed by atoms with Crippen molar-refractivity contribution < 1.29 is 9.47 Å². The number of aryl methyl sites for hydroxylation is 1. The predicted molar refractivity (Wildman–Crippen MR) is 96.6 cm³/mol. The molecule has 1 aromatic carbocycles. The normalized spacial score (nSPS) is 12.2. The molecule has 5 nitrogen and oxygen atoms in total. The highest BCUT2D eigenvalue weighted by molar-refractivity contribution is 5.42. The van der Waals surface area contributed by atoms with Crippen molar-refractivity contribution in [3.05, 3.63) is 42.0 Å². The van der Waals surface area contributed by atoms with Gasteiger partial charge in [-0.25, -0.2) is 4.98 Å². The van der Waals surface area contributed by atoms with Gasteiger partial charge in [-0.3, -0.25) is 0 Å². The molecule has 0 radical (unpaired) electrons. The molecule has 0 spiro atoms. The van der Waals surface area contributed by atoms with Gasteiger partial charge in [0.15, 0.2) is 11.5 Å². The Bertz CT molecular complexity index is 625. The van der Waals surface area contributed by atoms with Crippen molar-refractivity contribution in [2.45, 2.75) is 40.3 Å². The third-order valence-electron chi connectivity index (χ3n) is 3.94. The number of benzene rings is 1.